The number of anilines is 1. The molecule has 0 radical (unpaired) electrons. The van der Waals surface area contributed by atoms with Crippen LogP contribution in [-0.2, 0) is 6.54 Å². The number of hydrogen-bond donors (Lipinski definition) is 2. The van der Waals surface area contributed by atoms with Crippen LogP contribution in [0.1, 0.15) is 5.56 Å². The van der Waals surface area contributed by atoms with Crippen molar-refractivity contribution in [2.45, 2.75) is 6.54 Å². The average molecular weight is 347 g/mol. The Bertz CT molecular complexity index is 862. The summed E-state index contributed by atoms with van der Waals surface area (Å²) >= 11 is 0. The van der Waals surface area contributed by atoms with E-state index in [4.69, 9.17) is 15.2 Å². The van der Waals surface area contributed by atoms with E-state index in [2.05, 4.69) is 10.3 Å². The lowest BCUT2D eigenvalue weighted by Gasteiger charge is -2.08. The molecule has 0 aromatic heterocycles. The highest BCUT2D eigenvalue weighted by atomic mass is 16.5. The zero-order valence-electron chi connectivity index (χ0n) is 14.6. The summed E-state index contributed by atoms with van der Waals surface area (Å²) in [5, 5.41) is 3.05. The van der Waals surface area contributed by atoms with Crippen LogP contribution in [0.5, 0.6) is 17.2 Å². The zero-order chi connectivity index (χ0) is 18.2. The van der Waals surface area contributed by atoms with Crippen molar-refractivity contribution in [2.75, 3.05) is 12.4 Å². The molecule has 0 atom stereocenters. The quantitative estimate of drug-likeness (QED) is 0.512. The van der Waals surface area contributed by atoms with E-state index >= 15 is 0 Å². The highest BCUT2D eigenvalue weighted by Crippen LogP contribution is 2.21. The molecule has 5 nitrogen and oxygen atoms in total. The van der Waals surface area contributed by atoms with Crippen molar-refractivity contribution in [3.63, 3.8) is 0 Å². The minimum atomic E-state index is 0.350. The summed E-state index contributed by atoms with van der Waals surface area (Å²) in [4.78, 5) is 4.36. The van der Waals surface area contributed by atoms with Gasteiger partial charge in [0.25, 0.3) is 0 Å². The van der Waals surface area contributed by atoms with Crippen molar-refractivity contribution in [1.29, 1.82) is 0 Å². The van der Waals surface area contributed by atoms with E-state index in [1.165, 1.54) is 0 Å². The van der Waals surface area contributed by atoms with E-state index in [-0.39, 0.29) is 0 Å². The minimum absolute atomic E-state index is 0.350. The second-order valence-corrected chi connectivity index (χ2v) is 5.62. The fourth-order valence-electron chi connectivity index (χ4n) is 2.35. The van der Waals surface area contributed by atoms with Crippen molar-refractivity contribution in [2.24, 2.45) is 10.7 Å². The standard InChI is InChI=1S/C21H21N3O2/c1-25-20-9-5-6-17(14-20)24-21(22)23-15-16-10-12-19(13-11-16)26-18-7-3-2-4-8-18/h2-14H,15H2,1H3,(H3,22,23,24). The lowest BCUT2D eigenvalue weighted by Crippen LogP contribution is -2.22. The number of para-hydroxylation sites is 1. The van der Waals surface area contributed by atoms with Gasteiger partial charge in [0.15, 0.2) is 5.96 Å². The van der Waals surface area contributed by atoms with Crippen molar-refractivity contribution in [3.8, 4) is 17.2 Å². The van der Waals surface area contributed by atoms with Gasteiger partial charge in [-0.2, -0.15) is 0 Å². The number of nitrogens with two attached hydrogens (primary N) is 1. The van der Waals surface area contributed by atoms with Crippen molar-refractivity contribution in [1.82, 2.24) is 0 Å². The van der Waals surface area contributed by atoms with Gasteiger partial charge in [0, 0.05) is 11.8 Å². The lowest BCUT2D eigenvalue weighted by atomic mass is 10.2. The largest absolute Gasteiger partial charge is 0.497 e. The third-order valence-corrected chi connectivity index (χ3v) is 3.68. The first-order chi connectivity index (χ1) is 12.7. The zero-order valence-corrected chi connectivity index (χ0v) is 14.6. The number of methoxy groups -OCH3 is 1. The van der Waals surface area contributed by atoms with Gasteiger partial charge in [-0.3, -0.25) is 0 Å². The van der Waals surface area contributed by atoms with Gasteiger partial charge in [0.1, 0.15) is 17.2 Å². The Balaban J connectivity index is 1.57. The molecule has 3 aromatic rings. The SMILES string of the molecule is COc1cccc(NC(N)=NCc2ccc(Oc3ccccc3)cc2)c1. The molecular weight excluding hydrogens is 326 g/mol. The van der Waals surface area contributed by atoms with E-state index in [9.17, 15) is 0 Å². The van der Waals surface area contributed by atoms with E-state index in [1.807, 2.05) is 78.9 Å². The fraction of sp³-hybridized carbons (Fsp3) is 0.0952. The molecule has 0 unspecified atom stereocenters. The summed E-state index contributed by atoms with van der Waals surface area (Å²) in [5.41, 5.74) is 7.82. The monoisotopic (exact) mass is 347 g/mol. The number of nitrogens with zero attached hydrogens (tertiary/aromatic N) is 1. The Morgan fingerprint density at radius 2 is 1.58 bits per heavy atom. The predicted molar refractivity (Wildman–Crippen MR) is 105 cm³/mol. The van der Waals surface area contributed by atoms with Gasteiger partial charge in [-0.25, -0.2) is 4.99 Å². The van der Waals surface area contributed by atoms with Crippen LogP contribution in [0.2, 0.25) is 0 Å². The van der Waals surface area contributed by atoms with Crippen LogP contribution in [0.15, 0.2) is 83.9 Å². The van der Waals surface area contributed by atoms with Gasteiger partial charge in [0.2, 0.25) is 0 Å². The molecule has 3 rings (SSSR count). The first-order valence-corrected chi connectivity index (χ1v) is 8.26. The maximum atomic E-state index is 5.95. The van der Waals surface area contributed by atoms with Gasteiger partial charge in [0.05, 0.1) is 13.7 Å². The van der Waals surface area contributed by atoms with Crippen LogP contribution < -0.4 is 20.5 Å². The van der Waals surface area contributed by atoms with Crippen LogP contribution in [0.25, 0.3) is 0 Å². The number of ether oxygens (including phenoxy) is 2. The molecule has 0 heterocycles. The van der Waals surface area contributed by atoms with Gasteiger partial charge in [-0.15, -0.1) is 0 Å². The molecule has 0 fully saturated rings. The van der Waals surface area contributed by atoms with Gasteiger partial charge in [-0.05, 0) is 42.0 Å². The van der Waals surface area contributed by atoms with Crippen molar-refractivity contribution >= 4 is 11.6 Å². The molecule has 0 saturated heterocycles. The lowest BCUT2D eigenvalue weighted by molar-refractivity contribution is 0.415. The fourth-order valence-corrected chi connectivity index (χ4v) is 2.35. The first-order valence-electron chi connectivity index (χ1n) is 8.26. The van der Waals surface area contributed by atoms with Gasteiger partial charge in [-0.1, -0.05) is 36.4 Å². The van der Waals surface area contributed by atoms with Crippen LogP contribution in [-0.4, -0.2) is 13.1 Å². The Kier molecular flexibility index (Phi) is 5.72. The molecule has 26 heavy (non-hydrogen) atoms. The van der Waals surface area contributed by atoms with Crippen LogP contribution >= 0.6 is 0 Å². The van der Waals surface area contributed by atoms with E-state index in [0.717, 1.165) is 28.5 Å². The number of nitrogens with one attached hydrogen (secondary N) is 1. The van der Waals surface area contributed by atoms with Crippen LogP contribution in [0.3, 0.4) is 0 Å². The van der Waals surface area contributed by atoms with Crippen molar-refractivity contribution < 1.29 is 9.47 Å². The molecule has 132 valence electrons. The number of guanidine groups is 1. The maximum Gasteiger partial charge on any atom is 0.193 e. The number of aliphatic imine (C=N–C) groups is 1. The summed E-state index contributed by atoms with van der Waals surface area (Å²) in [6, 6.07) is 25.0. The third-order valence-electron chi connectivity index (χ3n) is 3.68. The minimum Gasteiger partial charge on any atom is -0.497 e. The number of benzene rings is 3. The van der Waals surface area contributed by atoms with Crippen molar-refractivity contribution in [3.05, 3.63) is 84.4 Å². The topological polar surface area (TPSA) is 68.9 Å². The number of hydrogen-bond acceptors (Lipinski definition) is 3. The summed E-state index contributed by atoms with van der Waals surface area (Å²) in [5.74, 6) is 2.70. The average Bonchev–Trinajstić information content (AvgIpc) is 2.68. The highest BCUT2D eigenvalue weighted by molar-refractivity contribution is 5.92. The molecular formula is C21H21N3O2. The first kappa shape index (κ1) is 17.4. The molecule has 3 N–H and O–H groups in total. The van der Waals surface area contributed by atoms with Crippen LogP contribution in [0.4, 0.5) is 5.69 Å². The summed E-state index contributed by atoms with van der Waals surface area (Å²) in [6.07, 6.45) is 0. The Hall–Kier alpha value is -3.47. The molecule has 3 aromatic carbocycles. The molecule has 0 bridgehead atoms. The molecule has 0 saturated carbocycles. The summed E-state index contributed by atoms with van der Waals surface area (Å²) < 4.78 is 11.0. The Morgan fingerprint density at radius 3 is 2.31 bits per heavy atom. The Morgan fingerprint density at radius 1 is 0.885 bits per heavy atom. The maximum absolute atomic E-state index is 5.95. The molecule has 0 spiro atoms. The third kappa shape index (κ3) is 5.01. The molecule has 0 aliphatic heterocycles. The normalized spacial score (nSPS) is 11.0. The molecule has 0 aliphatic carbocycles. The second kappa shape index (κ2) is 8.58. The smallest absolute Gasteiger partial charge is 0.193 e. The predicted octanol–water partition coefficient (Wildman–Crippen LogP) is 4.41. The molecule has 0 aliphatic rings. The summed E-state index contributed by atoms with van der Waals surface area (Å²) in [7, 11) is 1.63. The number of rotatable bonds is 6. The van der Waals surface area contributed by atoms with E-state index in [1.54, 1.807) is 7.11 Å². The molecule has 5 heteroatoms. The molecule has 0 amide bonds. The van der Waals surface area contributed by atoms with Gasteiger partial charge >= 0.3 is 0 Å². The van der Waals surface area contributed by atoms with Crippen LogP contribution in [0, 0.1) is 0 Å². The summed E-state index contributed by atoms with van der Waals surface area (Å²) in [6.45, 7) is 0.481. The van der Waals surface area contributed by atoms with Gasteiger partial charge < -0.3 is 20.5 Å². The second-order valence-electron chi connectivity index (χ2n) is 5.62. The van der Waals surface area contributed by atoms with E-state index in [0.29, 0.717) is 12.5 Å². The van der Waals surface area contributed by atoms with E-state index < -0.39 is 0 Å². The Labute approximate surface area is 153 Å². The highest BCUT2D eigenvalue weighted by Gasteiger charge is 2.00.